The van der Waals surface area contributed by atoms with Crippen molar-refractivity contribution in [1.29, 1.82) is 0 Å². The number of hydrogen-bond acceptors (Lipinski definition) is 5. The van der Waals surface area contributed by atoms with Crippen LogP contribution in [-0.4, -0.2) is 15.1 Å². The molecule has 0 aliphatic rings. The Hall–Kier alpha value is -2.20. The Bertz CT molecular complexity index is 900. The Morgan fingerprint density at radius 1 is 1.28 bits per heavy atom. The molecule has 5 nitrogen and oxygen atoms in total. The lowest BCUT2D eigenvalue weighted by atomic mass is 10.2. The van der Waals surface area contributed by atoms with Crippen molar-refractivity contribution >= 4 is 38.9 Å². The summed E-state index contributed by atoms with van der Waals surface area (Å²) in [5, 5.41) is 13.7. The summed E-state index contributed by atoms with van der Waals surface area (Å²) in [6, 6.07) is 4.40. The van der Waals surface area contributed by atoms with Crippen LogP contribution < -0.4 is 10.3 Å². The van der Waals surface area contributed by atoms with Crippen LogP contribution in [0.15, 0.2) is 36.7 Å². The molecule has 130 valence electrons. The van der Waals surface area contributed by atoms with Crippen molar-refractivity contribution in [2.45, 2.75) is 11.5 Å². The number of nitrogens with zero attached hydrogens (tertiary/aromatic N) is 2. The molecule has 0 amide bonds. The number of aromatic nitrogens is 3. The zero-order chi connectivity index (χ0) is 18.0. The van der Waals surface area contributed by atoms with Crippen LogP contribution in [0.3, 0.4) is 0 Å². The first-order chi connectivity index (χ1) is 11.8. The maximum Gasteiger partial charge on any atom is 0.416 e. The third kappa shape index (κ3) is 4.26. The minimum atomic E-state index is -4.56. The van der Waals surface area contributed by atoms with Crippen molar-refractivity contribution in [1.82, 2.24) is 9.97 Å². The van der Waals surface area contributed by atoms with Gasteiger partial charge in [0.15, 0.2) is 11.9 Å². The molecule has 0 saturated carbocycles. The molecule has 0 radical (unpaired) electrons. The molecule has 1 aromatic carbocycles. The highest BCUT2D eigenvalue weighted by Crippen LogP contribution is 2.34. The molecule has 0 spiro atoms. The smallest absolute Gasteiger partial charge is 0.416 e. The molecule has 3 N–H and O–H groups in total. The van der Waals surface area contributed by atoms with Gasteiger partial charge in [0, 0.05) is 23.3 Å². The number of phenols is 1. The number of thiazole rings is 1. The SMILES string of the molecule is Oc1cc(Nc2nccc(-c3[nH+]cc(CBr)s3)n2)cc(C(F)(F)F)c1. The van der Waals surface area contributed by atoms with Gasteiger partial charge in [0.25, 0.3) is 5.01 Å². The van der Waals surface area contributed by atoms with Crippen LogP contribution in [0.1, 0.15) is 10.4 Å². The number of phenolic OH excluding ortho intramolecular Hbond substituents is 1. The molecule has 2 heterocycles. The number of hydrogen-bond donors (Lipinski definition) is 2. The van der Waals surface area contributed by atoms with Gasteiger partial charge in [-0.1, -0.05) is 27.3 Å². The van der Waals surface area contributed by atoms with E-state index in [0.29, 0.717) is 17.1 Å². The first kappa shape index (κ1) is 17.6. The number of nitrogens with one attached hydrogen (secondary N) is 2. The van der Waals surface area contributed by atoms with E-state index in [1.165, 1.54) is 23.6 Å². The number of aromatic hydroxyl groups is 1. The van der Waals surface area contributed by atoms with Gasteiger partial charge in [0.1, 0.15) is 5.75 Å². The maximum atomic E-state index is 12.8. The quantitative estimate of drug-likeness (QED) is 0.601. The van der Waals surface area contributed by atoms with E-state index in [9.17, 15) is 18.3 Å². The summed E-state index contributed by atoms with van der Waals surface area (Å²) < 4.78 is 38.5. The number of aromatic amines is 1. The van der Waals surface area contributed by atoms with Crippen molar-refractivity contribution in [3.05, 3.63) is 47.1 Å². The molecule has 25 heavy (non-hydrogen) atoms. The molecule has 10 heteroatoms. The van der Waals surface area contributed by atoms with E-state index in [1.807, 2.05) is 6.20 Å². The summed E-state index contributed by atoms with van der Waals surface area (Å²) in [5.74, 6) is -0.375. The molecule has 0 aliphatic heterocycles. The molecule has 0 aliphatic carbocycles. The number of alkyl halides is 4. The lowest BCUT2D eigenvalue weighted by Crippen LogP contribution is -2.06. The number of anilines is 2. The second-order valence-corrected chi connectivity index (χ2v) is 6.67. The van der Waals surface area contributed by atoms with Crippen LogP contribution >= 0.6 is 27.3 Å². The van der Waals surface area contributed by atoms with Crippen molar-refractivity contribution in [3.8, 4) is 16.5 Å². The number of halogens is 4. The summed E-state index contributed by atoms with van der Waals surface area (Å²) >= 11 is 4.86. The average Bonchev–Trinajstić information content (AvgIpc) is 3.03. The zero-order valence-corrected chi connectivity index (χ0v) is 14.8. The van der Waals surface area contributed by atoms with Crippen LogP contribution in [0.4, 0.5) is 24.8 Å². The van der Waals surface area contributed by atoms with Crippen molar-refractivity contribution in [2.75, 3.05) is 5.32 Å². The minimum absolute atomic E-state index is 0.0424. The van der Waals surface area contributed by atoms with Gasteiger partial charge in [0.05, 0.1) is 10.4 Å². The van der Waals surface area contributed by atoms with Crippen molar-refractivity contribution < 1.29 is 23.3 Å². The topological polar surface area (TPSA) is 72.2 Å². The van der Waals surface area contributed by atoms with E-state index in [2.05, 4.69) is 36.2 Å². The fourth-order valence-electron chi connectivity index (χ4n) is 2.05. The van der Waals surface area contributed by atoms with Gasteiger partial charge in [0.2, 0.25) is 5.95 Å². The third-order valence-corrected chi connectivity index (χ3v) is 5.15. The number of rotatable bonds is 4. The number of benzene rings is 1. The third-order valence-electron chi connectivity index (χ3n) is 3.12. The van der Waals surface area contributed by atoms with E-state index in [4.69, 9.17) is 0 Å². The number of H-pyrrole nitrogens is 1. The molecule has 3 aromatic rings. The zero-order valence-electron chi connectivity index (χ0n) is 12.4. The fourth-order valence-corrected chi connectivity index (χ4v) is 3.33. The molecule has 0 atom stereocenters. The Balaban J connectivity index is 1.89. The minimum Gasteiger partial charge on any atom is -0.508 e. The molecule has 0 fully saturated rings. The van der Waals surface area contributed by atoms with E-state index < -0.39 is 17.5 Å². The molecule has 0 bridgehead atoms. The lowest BCUT2D eigenvalue weighted by molar-refractivity contribution is -0.358. The van der Waals surface area contributed by atoms with Gasteiger partial charge in [-0.05, 0) is 18.2 Å². The summed E-state index contributed by atoms with van der Waals surface area (Å²) in [6.45, 7) is 0. The van der Waals surface area contributed by atoms with Gasteiger partial charge in [-0.3, -0.25) is 0 Å². The lowest BCUT2D eigenvalue weighted by Gasteiger charge is -2.11. The van der Waals surface area contributed by atoms with E-state index in [-0.39, 0.29) is 11.6 Å². The highest BCUT2D eigenvalue weighted by molar-refractivity contribution is 9.08. The highest BCUT2D eigenvalue weighted by atomic mass is 79.9. The molecule has 2 aromatic heterocycles. The van der Waals surface area contributed by atoms with Crippen LogP contribution in [0, 0.1) is 0 Å². The highest BCUT2D eigenvalue weighted by Gasteiger charge is 2.31. The standard InChI is InChI=1S/C15H10BrF3N4OS/c16-6-11-7-21-13(25-11)12-1-2-20-14(23-12)22-9-3-8(15(17,18)19)4-10(24)5-9/h1-5,7,24H,6H2,(H,20,22,23)/p+1. The van der Waals surface area contributed by atoms with Crippen LogP contribution in [-0.2, 0) is 11.5 Å². The summed E-state index contributed by atoms with van der Waals surface area (Å²) in [7, 11) is 0. The van der Waals surface area contributed by atoms with E-state index >= 15 is 0 Å². The van der Waals surface area contributed by atoms with Crippen LogP contribution in [0.25, 0.3) is 10.7 Å². The molecule has 0 unspecified atom stereocenters. The van der Waals surface area contributed by atoms with Crippen molar-refractivity contribution in [3.63, 3.8) is 0 Å². The second kappa shape index (κ2) is 6.96. The molecule has 0 saturated heterocycles. The maximum absolute atomic E-state index is 12.8. The Kier molecular flexibility index (Phi) is 4.91. The monoisotopic (exact) mass is 431 g/mol. The predicted octanol–water partition coefficient (Wildman–Crippen LogP) is 4.38. The molecular weight excluding hydrogens is 421 g/mol. The van der Waals surface area contributed by atoms with Gasteiger partial charge in [-0.15, -0.1) is 0 Å². The molecular formula is C15H11BrF3N4OS+. The summed E-state index contributed by atoms with van der Waals surface area (Å²) in [4.78, 5) is 12.5. The van der Waals surface area contributed by atoms with E-state index in [0.717, 1.165) is 16.0 Å². The Labute approximate surface area is 152 Å². The van der Waals surface area contributed by atoms with Crippen molar-refractivity contribution in [2.24, 2.45) is 0 Å². The van der Waals surface area contributed by atoms with Gasteiger partial charge in [-0.2, -0.15) is 18.2 Å². The molecule has 3 rings (SSSR count). The second-order valence-electron chi connectivity index (χ2n) is 4.98. The first-order valence-electron chi connectivity index (χ1n) is 6.93. The van der Waals surface area contributed by atoms with Gasteiger partial charge in [-0.25, -0.2) is 9.97 Å². The van der Waals surface area contributed by atoms with E-state index in [1.54, 1.807) is 6.07 Å². The van der Waals surface area contributed by atoms with Gasteiger partial charge >= 0.3 is 6.18 Å². The van der Waals surface area contributed by atoms with Crippen LogP contribution in [0.5, 0.6) is 5.75 Å². The fraction of sp³-hybridized carbons (Fsp3) is 0.133. The average molecular weight is 432 g/mol. The Morgan fingerprint density at radius 3 is 2.76 bits per heavy atom. The summed E-state index contributed by atoms with van der Waals surface area (Å²) in [6.07, 6.45) is -1.22. The normalized spacial score (nSPS) is 11.5. The summed E-state index contributed by atoms with van der Waals surface area (Å²) in [5.41, 5.74) is -0.314. The van der Waals surface area contributed by atoms with Crippen LogP contribution in [0.2, 0.25) is 0 Å². The first-order valence-corrected chi connectivity index (χ1v) is 8.87. The predicted molar refractivity (Wildman–Crippen MR) is 90.9 cm³/mol. The largest absolute Gasteiger partial charge is 0.508 e. The Morgan fingerprint density at radius 2 is 2.08 bits per heavy atom. The van der Waals surface area contributed by atoms with Gasteiger partial charge < -0.3 is 10.4 Å².